The van der Waals surface area contributed by atoms with Crippen LogP contribution in [0.5, 0.6) is 0 Å². The summed E-state index contributed by atoms with van der Waals surface area (Å²) in [5, 5.41) is 8.77. The zero-order chi connectivity index (χ0) is 33.2. The highest BCUT2D eigenvalue weighted by Gasteiger charge is 2.57. The minimum atomic E-state index is -0.788. The van der Waals surface area contributed by atoms with Crippen molar-refractivity contribution in [2.75, 3.05) is 31.1 Å². The van der Waals surface area contributed by atoms with Crippen molar-refractivity contribution in [2.24, 2.45) is 5.41 Å². The van der Waals surface area contributed by atoms with Gasteiger partial charge < -0.3 is 19.8 Å². The van der Waals surface area contributed by atoms with E-state index < -0.39 is 11.5 Å². The standard InChI is InChI=1S/C33H44FN5O4.C2H6/c1-22-12-13-23(16-24(22)34)38-21-33(18-31(2,3)19-33)28-29(38)35-17-25(36-28)30(43)39-15-14-37(20-32(39,4)5)26(40)10-8-6-7-9-11-27(41)42;1-2/h12-13,16-17H,6-11,14-15,18-21H2,1-5H3,(H,41,42);1-2H3. The third-order valence-corrected chi connectivity index (χ3v) is 9.32. The van der Waals surface area contributed by atoms with Crippen molar-refractivity contribution in [3.05, 3.63) is 47.2 Å². The number of aryl methyl sites for hydroxylation is 1. The molecule has 2 fully saturated rings. The molecule has 246 valence electrons. The summed E-state index contributed by atoms with van der Waals surface area (Å²) >= 11 is 0. The van der Waals surface area contributed by atoms with Crippen LogP contribution in [0.4, 0.5) is 15.9 Å². The fourth-order valence-corrected chi connectivity index (χ4v) is 7.46. The van der Waals surface area contributed by atoms with E-state index in [2.05, 4.69) is 13.8 Å². The Morgan fingerprint density at radius 2 is 1.62 bits per heavy atom. The van der Waals surface area contributed by atoms with Crippen molar-refractivity contribution in [1.29, 1.82) is 0 Å². The molecule has 3 heterocycles. The van der Waals surface area contributed by atoms with Crippen LogP contribution in [0.3, 0.4) is 0 Å². The summed E-state index contributed by atoms with van der Waals surface area (Å²) in [7, 11) is 0. The normalized spacial score (nSPS) is 19.0. The number of hydrogen-bond acceptors (Lipinski definition) is 6. The number of fused-ring (bicyclic) bond motifs is 2. The number of aliphatic carboxylic acids is 1. The summed E-state index contributed by atoms with van der Waals surface area (Å²) in [5.74, 6) is -0.487. The van der Waals surface area contributed by atoms with Crippen molar-refractivity contribution in [3.8, 4) is 0 Å². The molecule has 10 heteroatoms. The van der Waals surface area contributed by atoms with Gasteiger partial charge in [-0.3, -0.25) is 14.4 Å². The summed E-state index contributed by atoms with van der Waals surface area (Å²) < 4.78 is 14.5. The number of nitrogens with zero attached hydrogens (tertiary/aromatic N) is 5. The van der Waals surface area contributed by atoms with Crippen LogP contribution in [0.25, 0.3) is 0 Å². The highest BCUT2D eigenvalue weighted by Crippen LogP contribution is 2.60. The molecule has 0 bridgehead atoms. The van der Waals surface area contributed by atoms with Crippen LogP contribution >= 0.6 is 0 Å². The number of piperazine rings is 1. The molecule has 1 saturated carbocycles. The topological polar surface area (TPSA) is 107 Å². The molecular formula is C35H50FN5O4. The third-order valence-electron chi connectivity index (χ3n) is 9.32. The lowest BCUT2D eigenvalue weighted by atomic mass is 9.54. The van der Waals surface area contributed by atoms with Crippen molar-refractivity contribution in [1.82, 2.24) is 19.8 Å². The predicted molar refractivity (Wildman–Crippen MR) is 173 cm³/mol. The first-order chi connectivity index (χ1) is 21.2. The fraction of sp³-hybridized carbons (Fsp3) is 0.629. The van der Waals surface area contributed by atoms with E-state index in [0.717, 1.165) is 43.5 Å². The number of unbranched alkanes of at least 4 members (excludes halogenated alkanes) is 3. The van der Waals surface area contributed by atoms with Gasteiger partial charge in [-0.2, -0.15) is 0 Å². The number of amides is 2. The highest BCUT2D eigenvalue weighted by atomic mass is 19.1. The van der Waals surface area contributed by atoms with Gasteiger partial charge in [0.25, 0.3) is 5.91 Å². The summed E-state index contributed by atoms with van der Waals surface area (Å²) in [5.41, 5.74) is 1.76. The van der Waals surface area contributed by atoms with Gasteiger partial charge in [-0.05, 0) is 69.6 Å². The van der Waals surface area contributed by atoms with E-state index in [4.69, 9.17) is 15.1 Å². The van der Waals surface area contributed by atoms with E-state index in [1.165, 1.54) is 0 Å². The number of rotatable bonds is 9. The molecular weight excluding hydrogens is 573 g/mol. The fourth-order valence-electron chi connectivity index (χ4n) is 7.46. The maximum Gasteiger partial charge on any atom is 0.303 e. The molecule has 3 aliphatic rings. The Labute approximate surface area is 267 Å². The molecule has 1 saturated heterocycles. The third kappa shape index (κ3) is 7.31. The van der Waals surface area contributed by atoms with Crippen LogP contribution in [0.2, 0.25) is 0 Å². The first-order valence-electron chi connectivity index (χ1n) is 16.4. The second-order valence-electron chi connectivity index (χ2n) is 14.1. The van der Waals surface area contributed by atoms with Crippen LogP contribution < -0.4 is 4.90 Å². The van der Waals surface area contributed by atoms with Crippen LogP contribution in [-0.2, 0) is 15.0 Å². The Hall–Kier alpha value is -3.56. The average Bonchev–Trinajstić information content (AvgIpc) is 3.29. The van der Waals surface area contributed by atoms with Gasteiger partial charge >= 0.3 is 5.97 Å². The number of carboxylic acids is 1. The van der Waals surface area contributed by atoms with E-state index in [1.54, 1.807) is 30.2 Å². The molecule has 45 heavy (non-hydrogen) atoms. The lowest BCUT2D eigenvalue weighted by Gasteiger charge is -2.51. The number of carboxylic acid groups (broad SMARTS) is 1. The predicted octanol–water partition coefficient (Wildman–Crippen LogP) is 6.65. The summed E-state index contributed by atoms with van der Waals surface area (Å²) in [4.78, 5) is 52.9. The van der Waals surface area contributed by atoms with Gasteiger partial charge in [0.05, 0.1) is 17.4 Å². The molecule has 2 aliphatic heterocycles. The number of carbonyl (C=O) groups is 3. The Balaban J connectivity index is 0.00000226. The summed E-state index contributed by atoms with van der Waals surface area (Å²) in [6.45, 7) is 16.1. The Morgan fingerprint density at radius 1 is 0.956 bits per heavy atom. The molecule has 1 aromatic carbocycles. The molecule has 5 rings (SSSR count). The zero-order valence-corrected chi connectivity index (χ0v) is 28.1. The van der Waals surface area contributed by atoms with Gasteiger partial charge in [0.2, 0.25) is 5.91 Å². The molecule has 1 N–H and O–H groups in total. The van der Waals surface area contributed by atoms with Crippen molar-refractivity contribution in [3.63, 3.8) is 0 Å². The van der Waals surface area contributed by atoms with Gasteiger partial charge in [0, 0.05) is 50.1 Å². The van der Waals surface area contributed by atoms with E-state index in [-0.39, 0.29) is 34.9 Å². The molecule has 1 spiro atoms. The Bertz CT molecular complexity index is 1420. The summed E-state index contributed by atoms with van der Waals surface area (Å²) in [6.07, 6.45) is 6.94. The Morgan fingerprint density at radius 3 is 2.22 bits per heavy atom. The first-order valence-corrected chi connectivity index (χ1v) is 16.4. The lowest BCUT2D eigenvalue weighted by molar-refractivity contribution is -0.137. The second-order valence-corrected chi connectivity index (χ2v) is 14.1. The van der Waals surface area contributed by atoms with Crippen molar-refractivity contribution < 1.29 is 23.9 Å². The number of aromatic nitrogens is 2. The summed E-state index contributed by atoms with van der Waals surface area (Å²) in [6, 6.07) is 5.24. The van der Waals surface area contributed by atoms with E-state index in [9.17, 15) is 18.8 Å². The van der Waals surface area contributed by atoms with Crippen LogP contribution in [0.1, 0.15) is 115 Å². The lowest BCUT2D eigenvalue weighted by Crippen LogP contribution is -2.62. The second kappa shape index (κ2) is 13.4. The zero-order valence-electron chi connectivity index (χ0n) is 28.1. The maximum atomic E-state index is 14.5. The average molecular weight is 624 g/mol. The number of hydrogen-bond donors (Lipinski definition) is 1. The quantitative estimate of drug-likeness (QED) is 0.312. The number of carbonyl (C=O) groups excluding carboxylic acids is 2. The monoisotopic (exact) mass is 623 g/mol. The minimum absolute atomic E-state index is 0.0675. The maximum absolute atomic E-state index is 14.5. The smallest absolute Gasteiger partial charge is 0.303 e. The highest BCUT2D eigenvalue weighted by molar-refractivity contribution is 5.93. The van der Waals surface area contributed by atoms with Crippen molar-refractivity contribution in [2.45, 2.75) is 111 Å². The molecule has 2 aromatic rings. The molecule has 1 aromatic heterocycles. The molecule has 0 atom stereocenters. The number of halogens is 1. The molecule has 1 aliphatic carbocycles. The van der Waals surface area contributed by atoms with Crippen LogP contribution in [0, 0.1) is 18.2 Å². The van der Waals surface area contributed by atoms with Crippen LogP contribution in [-0.4, -0.2) is 74.4 Å². The van der Waals surface area contributed by atoms with Gasteiger partial charge in [-0.25, -0.2) is 14.4 Å². The number of anilines is 2. The molecule has 0 unspecified atom stereocenters. The largest absolute Gasteiger partial charge is 0.481 e. The molecule has 2 amide bonds. The van der Waals surface area contributed by atoms with E-state index in [0.29, 0.717) is 56.1 Å². The van der Waals surface area contributed by atoms with Gasteiger partial charge in [-0.1, -0.05) is 46.6 Å². The van der Waals surface area contributed by atoms with Gasteiger partial charge in [0.15, 0.2) is 5.82 Å². The van der Waals surface area contributed by atoms with E-state index >= 15 is 0 Å². The first kappa shape index (κ1) is 34.3. The molecule has 9 nitrogen and oxygen atoms in total. The van der Waals surface area contributed by atoms with E-state index in [1.807, 2.05) is 43.6 Å². The van der Waals surface area contributed by atoms with Crippen molar-refractivity contribution >= 4 is 29.3 Å². The van der Waals surface area contributed by atoms with Gasteiger partial charge in [-0.15, -0.1) is 0 Å². The SMILES string of the molecule is CC.Cc1ccc(N2CC3(CC(C)(C)C3)c3nc(C(=O)N4CCN(C(=O)CCCCCCC(=O)O)CC4(C)C)cnc32)cc1F. The van der Waals surface area contributed by atoms with Gasteiger partial charge in [0.1, 0.15) is 11.5 Å². The minimum Gasteiger partial charge on any atom is -0.481 e. The number of benzene rings is 1. The van der Waals surface area contributed by atoms with Crippen LogP contribution in [0.15, 0.2) is 24.4 Å². The Kier molecular flexibility index (Phi) is 10.2. The molecule has 0 radical (unpaired) electrons.